The number of nitrogens with two attached hydrogens (primary N) is 1. The Kier molecular flexibility index (Phi) is 3.07. The molecule has 0 spiro atoms. The maximum atomic E-state index is 8.72. The molecule has 0 radical (unpaired) electrons. The largest absolute Gasteiger partial charge is 0.399 e. The van der Waals surface area contributed by atoms with Gasteiger partial charge in [0.15, 0.2) is 0 Å². The second-order valence-corrected chi connectivity index (χ2v) is 2.54. The van der Waals surface area contributed by atoms with Crippen molar-refractivity contribution in [3.8, 4) is 6.07 Å². The zero-order valence-corrected chi connectivity index (χ0v) is 7.07. The van der Waals surface area contributed by atoms with E-state index in [0.29, 0.717) is 11.3 Å². The Morgan fingerprint density at radius 3 is 2.92 bits per heavy atom. The van der Waals surface area contributed by atoms with Gasteiger partial charge in [-0.2, -0.15) is 5.26 Å². The molecule has 1 aromatic rings. The van der Waals surface area contributed by atoms with Gasteiger partial charge in [-0.1, -0.05) is 12.2 Å². The number of aliphatic hydroxyl groups is 1. The summed E-state index contributed by atoms with van der Waals surface area (Å²) in [6.07, 6.45) is 3.24. The van der Waals surface area contributed by atoms with Crippen LogP contribution in [0.1, 0.15) is 11.1 Å². The van der Waals surface area contributed by atoms with Crippen molar-refractivity contribution in [2.75, 3.05) is 12.3 Å². The molecular weight excluding hydrogens is 164 g/mol. The number of hydrogen-bond donors (Lipinski definition) is 2. The second kappa shape index (κ2) is 4.29. The van der Waals surface area contributed by atoms with Crippen LogP contribution in [0.4, 0.5) is 5.69 Å². The van der Waals surface area contributed by atoms with Crippen LogP contribution in [-0.4, -0.2) is 11.7 Å². The van der Waals surface area contributed by atoms with Crippen LogP contribution in [0.3, 0.4) is 0 Å². The van der Waals surface area contributed by atoms with Crippen LogP contribution in [0, 0.1) is 11.3 Å². The van der Waals surface area contributed by atoms with Gasteiger partial charge in [-0.15, -0.1) is 0 Å². The summed E-state index contributed by atoms with van der Waals surface area (Å²) in [6, 6.07) is 7.08. The minimum absolute atomic E-state index is 0.0420. The maximum absolute atomic E-state index is 8.72. The molecule has 0 aliphatic rings. The first kappa shape index (κ1) is 9.30. The van der Waals surface area contributed by atoms with E-state index in [-0.39, 0.29) is 6.61 Å². The van der Waals surface area contributed by atoms with Crippen LogP contribution in [0.2, 0.25) is 0 Å². The van der Waals surface area contributed by atoms with E-state index in [1.807, 2.05) is 6.07 Å². The minimum Gasteiger partial charge on any atom is -0.399 e. The molecule has 0 saturated carbocycles. The maximum Gasteiger partial charge on any atom is 0.0997 e. The van der Waals surface area contributed by atoms with E-state index >= 15 is 0 Å². The first-order valence-corrected chi connectivity index (χ1v) is 3.85. The van der Waals surface area contributed by atoms with Gasteiger partial charge >= 0.3 is 0 Å². The topological polar surface area (TPSA) is 70.0 Å². The zero-order valence-electron chi connectivity index (χ0n) is 7.07. The van der Waals surface area contributed by atoms with Crippen molar-refractivity contribution >= 4 is 11.8 Å². The molecule has 66 valence electrons. The summed E-state index contributed by atoms with van der Waals surface area (Å²) in [5, 5.41) is 17.3. The summed E-state index contributed by atoms with van der Waals surface area (Å²) in [5.41, 5.74) is 7.44. The molecule has 0 amide bonds. The Balaban J connectivity index is 3.10. The number of anilines is 1. The van der Waals surface area contributed by atoms with Crippen LogP contribution >= 0.6 is 0 Å². The van der Waals surface area contributed by atoms with E-state index in [1.165, 1.54) is 0 Å². The molecule has 3 N–H and O–H groups in total. The SMILES string of the molecule is N#Cc1ccc(N)cc1C=CCO. The van der Waals surface area contributed by atoms with Crippen LogP contribution in [0.15, 0.2) is 24.3 Å². The van der Waals surface area contributed by atoms with Crippen molar-refractivity contribution < 1.29 is 5.11 Å². The number of rotatable bonds is 2. The Hall–Kier alpha value is -1.79. The van der Waals surface area contributed by atoms with Crippen molar-refractivity contribution in [1.82, 2.24) is 0 Å². The third-order valence-electron chi connectivity index (χ3n) is 1.60. The lowest BCUT2D eigenvalue weighted by Gasteiger charge is -1.98. The summed E-state index contributed by atoms with van der Waals surface area (Å²) in [6.45, 7) is -0.0420. The van der Waals surface area contributed by atoms with Crippen molar-refractivity contribution in [2.45, 2.75) is 0 Å². The molecule has 0 fully saturated rings. The lowest BCUT2D eigenvalue weighted by atomic mass is 10.1. The Morgan fingerprint density at radius 2 is 2.31 bits per heavy atom. The highest BCUT2D eigenvalue weighted by Crippen LogP contribution is 2.14. The molecule has 0 aliphatic heterocycles. The van der Waals surface area contributed by atoms with Crippen LogP contribution in [0.25, 0.3) is 6.08 Å². The number of nitriles is 1. The summed E-state index contributed by atoms with van der Waals surface area (Å²) < 4.78 is 0. The molecular formula is C10H10N2O. The molecule has 3 heteroatoms. The van der Waals surface area contributed by atoms with Gasteiger partial charge in [0.05, 0.1) is 18.2 Å². The molecule has 3 nitrogen and oxygen atoms in total. The fourth-order valence-corrected chi connectivity index (χ4v) is 1.00. The standard InChI is InChI=1S/C10H10N2O/c11-7-9-3-4-10(12)6-8(9)2-1-5-13/h1-4,6,13H,5,12H2. The molecule has 1 aromatic carbocycles. The third kappa shape index (κ3) is 2.32. The lowest BCUT2D eigenvalue weighted by molar-refractivity contribution is 0.343. The van der Waals surface area contributed by atoms with Crippen LogP contribution in [-0.2, 0) is 0 Å². The Labute approximate surface area is 76.7 Å². The van der Waals surface area contributed by atoms with Gasteiger partial charge in [0.25, 0.3) is 0 Å². The minimum atomic E-state index is -0.0420. The van der Waals surface area contributed by atoms with E-state index in [0.717, 1.165) is 5.56 Å². The second-order valence-electron chi connectivity index (χ2n) is 2.54. The number of aliphatic hydroxyl groups excluding tert-OH is 1. The predicted molar refractivity (Wildman–Crippen MR) is 51.7 cm³/mol. The van der Waals surface area contributed by atoms with Crippen molar-refractivity contribution in [2.24, 2.45) is 0 Å². The van der Waals surface area contributed by atoms with Gasteiger partial charge in [0, 0.05) is 5.69 Å². The third-order valence-corrected chi connectivity index (χ3v) is 1.60. The lowest BCUT2D eigenvalue weighted by Crippen LogP contribution is -1.88. The average molecular weight is 174 g/mol. The van der Waals surface area contributed by atoms with E-state index < -0.39 is 0 Å². The quantitative estimate of drug-likeness (QED) is 0.660. The van der Waals surface area contributed by atoms with Crippen LogP contribution < -0.4 is 5.73 Å². The molecule has 1 rings (SSSR count). The van der Waals surface area contributed by atoms with Gasteiger partial charge in [-0.05, 0) is 23.8 Å². The summed E-state index contributed by atoms with van der Waals surface area (Å²) in [4.78, 5) is 0. The molecule has 0 aromatic heterocycles. The van der Waals surface area contributed by atoms with Gasteiger partial charge in [0.2, 0.25) is 0 Å². The first-order valence-electron chi connectivity index (χ1n) is 3.85. The van der Waals surface area contributed by atoms with Gasteiger partial charge < -0.3 is 10.8 Å². The smallest absolute Gasteiger partial charge is 0.0997 e. The highest BCUT2D eigenvalue weighted by atomic mass is 16.2. The van der Waals surface area contributed by atoms with Gasteiger partial charge in [-0.3, -0.25) is 0 Å². The fraction of sp³-hybridized carbons (Fsp3) is 0.100. The molecule has 0 heterocycles. The molecule has 0 bridgehead atoms. The monoisotopic (exact) mass is 174 g/mol. The molecule has 0 atom stereocenters. The molecule has 0 aliphatic carbocycles. The normalized spacial score (nSPS) is 10.2. The molecule has 0 unspecified atom stereocenters. The number of benzene rings is 1. The van der Waals surface area contributed by atoms with E-state index in [1.54, 1.807) is 30.4 Å². The van der Waals surface area contributed by atoms with Crippen molar-refractivity contribution in [3.63, 3.8) is 0 Å². The molecule has 13 heavy (non-hydrogen) atoms. The summed E-state index contributed by atoms with van der Waals surface area (Å²) in [5.74, 6) is 0. The van der Waals surface area contributed by atoms with Crippen molar-refractivity contribution in [1.29, 1.82) is 5.26 Å². The highest BCUT2D eigenvalue weighted by Gasteiger charge is 1.97. The fourth-order valence-electron chi connectivity index (χ4n) is 1.00. The number of hydrogen-bond acceptors (Lipinski definition) is 3. The van der Waals surface area contributed by atoms with Gasteiger partial charge in [0.1, 0.15) is 0 Å². The summed E-state index contributed by atoms with van der Waals surface area (Å²) >= 11 is 0. The Bertz CT molecular complexity index is 364. The van der Waals surface area contributed by atoms with E-state index in [2.05, 4.69) is 0 Å². The van der Waals surface area contributed by atoms with E-state index in [9.17, 15) is 0 Å². The predicted octanol–water partition coefficient (Wildman–Crippen LogP) is 1.15. The number of nitrogens with zero attached hydrogens (tertiary/aromatic N) is 1. The average Bonchev–Trinajstić information content (AvgIpc) is 2.15. The molecule has 0 saturated heterocycles. The Morgan fingerprint density at radius 1 is 1.54 bits per heavy atom. The van der Waals surface area contributed by atoms with Gasteiger partial charge in [-0.25, -0.2) is 0 Å². The summed E-state index contributed by atoms with van der Waals surface area (Å²) in [7, 11) is 0. The first-order chi connectivity index (χ1) is 6.27. The zero-order chi connectivity index (χ0) is 9.68. The highest BCUT2D eigenvalue weighted by molar-refractivity contribution is 5.62. The van der Waals surface area contributed by atoms with E-state index in [4.69, 9.17) is 16.1 Å². The van der Waals surface area contributed by atoms with Crippen LogP contribution in [0.5, 0.6) is 0 Å². The van der Waals surface area contributed by atoms with Crippen molar-refractivity contribution in [3.05, 3.63) is 35.4 Å². The number of nitrogen functional groups attached to an aromatic ring is 1.